The van der Waals surface area contributed by atoms with Crippen LogP contribution >= 0.6 is 0 Å². The highest BCUT2D eigenvalue weighted by molar-refractivity contribution is 7.85. The summed E-state index contributed by atoms with van der Waals surface area (Å²) < 4.78 is 29.6. The smallest absolute Gasteiger partial charge is 0.266 e. The fourth-order valence-electron chi connectivity index (χ4n) is 1.84. The average Bonchev–Trinajstić information content (AvgIpc) is 2.96. The third-order valence-electron chi connectivity index (χ3n) is 2.95. The summed E-state index contributed by atoms with van der Waals surface area (Å²) in [5.74, 6) is -0.201. The first kappa shape index (κ1) is 17.1. The maximum atomic E-state index is 10.5. The predicted octanol–water partition coefficient (Wildman–Crippen LogP) is -1.11. The van der Waals surface area contributed by atoms with Gasteiger partial charge in [0.25, 0.3) is 10.1 Å². The van der Waals surface area contributed by atoms with E-state index in [1.807, 2.05) is 4.90 Å². The second kappa shape index (κ2) is 9.03. The SMILES string of the molecule is O=S(=O)(O)CCN1CCN(CCO)CC1.c1c[nH]cn1. The van der Waals surface area contributed by atoms with Crippen molar-refractivity contribution in [1.29, 1.82) is 0 Å². The third-order valence-corrected chi connectivity index (χ3v) is 3.65. The molecule has 0 bridgehead atoms. The summed E-state index contributed by atoms with van der Waals surface area (Å²) in [5.41, 5.74) is 0. The lowest BCUT2D eigenvalue weighted by atomic mass is 10.3. The van der Waals surface area contributed by atoms with Crippen LogP contribution in [0.15, 0.2) is 18.7 Å². The number of aromatic nitrogens is 2. The van der Waals surface area contributed by atoms with E-state index in [2.05, 4.69) is 14.9 Å². The van der Waals surface area contributed by atoms with Gasteiger partial charge in [0.15, 0.2) is 0 Å². The summed E-state index contributed by atoms with van der Waals surface area (Å²) in [6, 6.07) is 0. The van der Waals surface area contributed by atoms with Crippen molar-refractivity contribution in [3.05, 3.63) is 18.7 Å². The second-order valence-electron chi connectivity index (χ2n) is 4.45. The van der Waals surface area contributed by atoms with Crippen LogP contribution in [0.4, 0.5) is 0 Å². The lowest BCUT2D eigenvalue weighted by molar-refractivity contribution is 0.116. The number of piperazine rings is 1. The zero-order chi connectivity index (χ0) is 14.8. The molecule has 1 aliphatic heterocycles. The van der Waals surface area contributed by atoms with Gasteiger partial charge in [0.2, 0.25) is 0 Å². The number of aliphatic hydroxyl groups excluding tert-OH is 1. The van der Waals surface area contributed by atoms with Crippen molar-refractivity contribution >= 4 is 10.1 Å². The Labute approximate surface area is 119 Å². The lowest BCUT2D eigenvalue weighted by Crippen LogP contribution is -2.48. The van der Waals surface area contributed by atoms with E-state index < -0.39 is 10.1 Å². The molecule has 1 aromatic heterocycles. The normalized spacial score (nSPS) is 17.5. The minimum Gasteiger partial charge on any atom is -0.395 e. The molecule has 0 spiro atoms. The van der Waals surface area contributed by atoms with Crippen molar-refractivity contribution < 1.29 is 18.1 Å². The lowest BCUT2D eigenvalue weighted by Gasteiger charge is -2.33. The van der Waals surface area contributed by atoms with Crippen LogP contribution in [0.1, 0.15) is 0 Å². The van der Waals surface area contributed by atoms with Crippen molar-refractivity contribution in [2.75, 3.05) is 51.6 Å². The first-order chi connectivity index (χ1) is 9.51. The largest absolute Gasteiger partial charge is 0.395 e. The summed E-state index contributed by atoms with van der Waals surface area (Å²) in [6.07, 6.45) is 5.08. The second-order valence-corrected chi connectivity index (χ2v) is 6.03. The van der Waals surface area contributed by atoms with Gasteiger partial charge in [-0.15, -0.1) is 0 Å². The van der Waals surface area contributed by atoms with E-state index >= 15 is 0 Å². The maximum Gasteiger partial charge on any atom is 0.266 e. The number of imidazole rings is 1. The molecule has 20 heavy (non-hydrogen) atoms. The molecule has 0 atom stereocenters. The van der Waals surface area contributed by atoms with E-state index in [0.29, 0.717) is 13.1 Å². The fourth-order valence-corrected chi connectivity index (χ4v) is 2.33. The molecular formula is C11H22N4O4S. The Balaban J connectivity index is 0.000000333. The summed E-state index contributed by atoms with van der Waals surface area (Å²) >= 11 is 0. The number of H-pyrrole nitrogens is 1. The van der Waals surface area contributed by atoms with Gasteiger partial charge in [-0.1, -0.05) is 0 Å². The Kier molecular flexibility index (Phi) is 7.70. The Morgan fingerprint density at radius 3 is 2.10 bits per heavy atom. The molecule has 0 amide bonds. The molecule has 1 fully saturated rings. The van der Waals surface area contributed by atoms with E-state index in [1.165, 1.54) is 0 Å². The number of nitrogens with zero attached hydrogens (tertiary/aromatic N) is 3. The quantitative estimate of drug-likeness (QED) is 0.592. The van der Waals surface area contributed by atoms with Gasteiger partial charge in [0.05, 0.1) is 18.7 Å². The molecule has 116 valence electrons. The molecule has 0 aromatic carbocycles. The first-order valence-electron chi connectivity index (χ1n) is 6.45. The Bertz CT molecular complexity index is 412. The van der Waals surface area contributed by atoms with Gasteiger partial charge in [0, 0.05) is 51.7 Å². The molecule has 0 unspecified atom stereocenters. The van der Waals surface area contributed by atoms with Gasteiger partial charge in [-0.3, -0.25) is 14.4 Å². The van der Waals surface area contributed by atoms with Crippen LogP contribution in [0.3, 0.4) is 0 Å². The first-order valence-corrected chi connectivity index (χ1v) is 8.05. The Morgan fingerprint density at radius 2 is 1.75 bits per heavy atom. The molecule has 1 saturated heterocycles. The average molecular weight is 306 g/mol. The summed E-state index contributed by atoms with van der Waals surface area (Å²) in [4.78, 5) is 10.5. The molecule has 1 aromatic rings. The van der Waals surface area contributed by atoms with Crippen molar-refractivity contribution in [1.82, 2.24) is 19.8 Å². The van der Waals surface area contributed by atoms with Crippen LogP contribution in [0.2, 0.25) is 0 Å². The topological polar surface area (TPSA) is 110 Å². The monoisotopic (exact) mass is 306 g/mol. The summed E-state index contributed by atoms with van der Waals surface area (Å²) in [6.45, 7) is 4.46. The van der Waals surface area contributed by atoms with Crippen molar-refractivity contribution in [3.8, 4) is 0 Å². The van der Waals surface area contributed by atoms with Crippen LogP contribution in [0, 0.1) is 0 Å². The van der Waals surface area contributed by atoms with E-state index in [-0.39, 0.29) is 12.4 Å². The minimum absolute atomic E-state index is 0.158. The van der Waals surface area contributed by atoms with E-state index in [9.17, 15) is 8.42 Å². The molecule has 2 heterocycles. The molecule has 2 rings (SSSR count). The number of rotatable bonds is 5. The summed E-state index contributed by atoms with van der Waals surface area (Å²) in [5, 5.41) is 8.73. The highest BCUT2D eigenvalue weighted by Crippen LogP contribution is 2.01. The van der Waals surface area contributed by atoms with Crippen LogP contribution in [-0.4, -0.2) is 89.5 Å². The predicted molar refractivity (Wildman–Crippen MR) is 75.0 cm³/mol. The molecule has 0 aliphatic carbocycles. The molecular weight excluding hydrogens is 284 g/mol. The van der Waals surface area contributed by atoms with Gasteiger partial charge in [-0.2, -0.15) is 8.42 Å². The van der Waals surface area contributed by atoms with Gasteiger partial charge >= 0.3 is 0 Å². The van der Waals surface area contributed by atoms with E-state index in [1.54, 1.807) is 18.7 Å². The molecule has 3 N–H and O–H groups in total. The van der Waals surface area contributed by atoms with Crippen molar-refractivity contribution in [3.63, 3.8) is 0 Å². The fraction of sp³-hybridized carbons (Fsp3) is 0.727. The van der Waals surface area contributed by atoms with Crippen LogP contribution < -0.4 is 0 Å². The highest BCUT2D eigenvalue weighted by Gasteiger charge is 2.17. The van der Waals surface area contributed by atoms with E-state index in [4.69, 9.17) is 9.66 Å². The molecule has 1 aliphatic rings. The summed E-state index contributed by atoms with van der Waals surface area (Å²) in [7, 11) is -3.84. The number of nitrogens with one attached hydrogen (secondary N) is 1. The maximum absolute atomic E-state index is 10.5. The van der Waals surface area contributed by atoms with Gasteiger partial charge < -0.3 is 10.1 Å². The Hall–Kier alpha value is -1.00. The van der Waals surface area contributed by atoms with Gasteiger partial charge in [0.1, 0.15) is 0 Å². The standard InChI is InChI=1S/C8H18N2O4S.C3H4N2/c11-7-5-9-1-3-10(4-2-9)6-8-15(12,13)14;1-2-5-3-4-1/h11H,1-8H2,(H,12,13,14);1-3H,(H,4,5). The van der Waals surface area contributed by atoms with Crippen molar-refractivity contribution in [2.24, 2.45) is 0 Å². The van der Waals surface area contributed by atoms with Crippen LogP contribution in [0.25, 0.3) is 0 Å². The number of aromatic amines is 1. The molecule has 0 radical (unpaired) electrons. The van der Waals surface area contributed by atoms with E-state index in [0.717, 1.165) is 26.2 Å². The minimum atomic E-state index is -3.84. The third kappa shape index (κ3) is 8.23. The van der Waals surface area contributed by atoms with Gasteiger partial charge in [-0.25, -0.2) is 4.98 Å². The molecule has 8 nitrogen and oxygen atoms in total. The van der Waals surface area contributed by atoms with Crippen molar-refractivity contribution in [2.45, 2.75) is 0 Å². The molecule has 9 heteroatoms. The number of hydrogen-bond acceptors (Lipinski definition) is 6. The highest BCUT2D eigenvalue weighted by atomic mass is 32.2. The van der Waals surface area contributed by atoms with Gasteiger partial charge in [-0.05, 0) is 0 Å². The van der Waals surface area contributed by atoms with Crippen LogP contribution in [-0.2, 0) is 10.1 Å². The van der Waals surface area contributed by atoms with Crippen LogP contribution in [0.5, 0.6) is 0 Å². The Morgan fingerprint density at radius 1 is 1.15 bits per heavy atom. The number of β-amino-alcohol motifs (C(OH)–C–C–N with tert-alkyl or cyclic N) is 1. The zero-order valence-electron chi connectivity index (χ0n) is 11.3. The molecule has 0 saturated carbocycles. The number of aliphatic hydroxyl groups is 1. The number of hydrogen-bond donors (Lipinski definition) is 3. The zero-order valence-corrected chi connectivity index (χ0v) is 12.2.